The van der Waals surface area contributed by atoms with Crippen molar-refractivity contribution in [3.63, 3.8) is 0 Å². The molecule has 2 N–H and O–H groups in total. The fourth-order valence-electron chi connectivity index (χ4n) is 2.85. The Morgan fingerprint density at radius 1 is 1.39 bits per heavy atom. The summed E-state index contributed by atoms with van der Waals surface area (Å²) in [6.07, 6.45) is 3.73. The molecule has 1 rings (SSSR count). The molecule has 0 spiro atoms. The number of carbonyl (C=O) groups is 1. The number of aliphatic hydroxyl groups is 1. The Morgan fingerprint density at radius 2 is 1.94 bits per heavy atom. The van der Waals surface area contributed by atoms with E-state index in [4.69, 9.17) is 0 Å². The van der Waals surface area contributed by atoms with Crippen LogP contribution in [0.1, 0.15) is 60.3 Å². The van der Waals surface area contributed by atoms with Crippen molar-refractivity contribution >= 4 is 5.91 Å². The van der Waals surface area contributed by atoms with Gasteiger partial charge in [0.1, 0.15) is 0 Å². The summed E-state index contributed by atoms with van der Waals surface area (Å²) in [5.41, 5.74) is -0.388. The van der Waals surface area contributed by atoms with Crippen molar-refractivity contribution in [1.29, 1.82) is 0 Å². The third kappa shape index (κ3) is 3.05. The standard InChI is InChI=1S/C15H29NO2/c1-6-15(8-7-9-15)13(18)16-10-14(4,5)12(17)11(2)3/h11-12,17H,6-10H2,1-5H3,(H,16,18). The maximum Gasteiger partial charge on any atom is 0.226 e. The molecule has 0 aliphatic heterocycles. The molecule has 1 aliphatic carbocycles. The van der Waals surface area contributed by atoms with Gasteiger partial charge in [-0.3, -0.25) is 4.79 Å². The molecule has 1 saturated carbocycles. The average molecular weight is 255 g/mol. The van der Waals surface area contributed by atoms with Crippen LogP contribution in [0.3, 0.4) is 0 Å². The van der Waals surface area contributed by atoms with E-state index in [0.29, 0.717) is 6.54 Å². The highest BCUT2D eigenvalue weighted by molar-refractivity contribution is 5.83. The Bertz CT molecular complexity index is 287. The van der Waals surface area contributed by atoms with Gasteiger partial charge in [-0.1, -0.05) is 41.0 Å². The first kappa shape index (κ1) is 15.5. The molecule has 0 aromatic carbocycles. The van der Waals surface area contributed by atoms with Crippen LogP contribution in [0.5, 0.6) is 0 Å². The Balaban J connectivity index is 2.52. The molecule has 0 aromatic heterocycles. The van der Waals surface area contributed by atoms with E-state index in [9.17, 15) is 9.90 Å². The van der Waals surface area contributed by atoms with Crippen LogP contribution in [0.4, 0.5) is 0 Å². The van der Waals surface area contributed by atoms with Crippen molar-refractivity contribution in [2.24, 2.45) is 16.7 Å². The molecule has 0 saturated heterocycles. The Hall–Kier alpha value is -0.570. The Kier molecular flexibility index (Phi) is 4.82. The lowest BCUT2D eigenvalue weighted by atomic mass is 9.66. The van der Waals surface area contributed by atoms with E-state index in [1.807, 2.05) is 27.7 Å². The van der Waals surface area contributed by atoms with Gasteiger partial charge in [0, 0.05) is 17.4 Å². The number of rotatable bonds is 6. The largest absolute Gasteiger partial charge is 0.392 e. The van der Waals surface area contributed by atoms with E-state index in [0.717, 1.165) is 19.3 Å². The highest BCUT2D eigenvalue weighted by Gasteiger charge is 2.43. The van der Waals surface area contributed by atoms with Gasteiger partial charge < -0.3 is 10.4 Å². The summed E-state index contributed by atoms with van der Waals surface area (Å²) in [7, 11) is 0. The molecular weight excluding hydrogens is 226 g/mol. The first-order chi connectivity index (χ1) is 8.25. The van der Waals surface area contributed by atoms with Crippen molar-refractivity contribution in [3.05, 3.63) is 0 Å². The number of hydrogen-bond acceptors (Lipinski definition) is 2. The van der Waals surface area contributed by atoms with E-state index in [1.54, 1.807) is 0 Å². The number of aliphatic hydroxyl groups excluding tert-OH is 1. The van der Waals surface area contributed by atoms with E-state index < -0.39 is 6.10 Å². The lowest BCUT2D eigenvalue weighted by Gasteiger charge is -2.41. The van der Waals surface area contributed by atoms with Gasteiger partial charge in [0.05, 0.1) is 6.10 Å². The highest BCUT2D eigenvalue weighted by atomic mass is 16.3. The highest BCUT2D eigenvalue weighted by Crippen LogP contribution is 2.44. The predicted molar refractivity (Wildman–Crippen MR) is 74.2 cm³/mol. The summed E-state index contributed by atoms with van der Waals surface area (Å²) in [5, 5.41) is 13.2. The quantitative estimate of drug-likeness (QED) is 0.766. The second-order valence-corrected chi connectivity index (χ2v) is 6.85. The van der Waals surface area contributed by atoms with Crippen LogP contribution in [-0.2, 0) is 4.79 Å². The molecule has 18 heavy (non-hydrogen) atoms. The van der Waals surface area contributed by atoms with E-state index in [-0.39, 0.29) is 22.7 Å². The molecular formula is C15H29NO2. The zero-order chi connectivity index (χ0) is 14.0. The number of nitrogens with one attached hydrogen (secondary N) is 1. The lowest BCUT2D eigenvalue weighted by Crippen LogP contribution is -2.50. The minimum atomic E-state index is -0.392. The fourth-order valence-corrected chi connectivity index (χ4v) is 2.85. The summed E-state index contributed by atoms with van der Waals surface area (Å²) in [6, 6.07) is 0. The zero-order valence-electron chi connectivity index (χ0n) is 12.5. The summed E-state index contributed by atoms with van der Waals surface area (Å²) in [5.74, 6) is 0.390. The van der Waals surface area contributed by atoms with Crippen LogP contribution in [-0.4, -0.2) is 23.7 Å². The Morgan fingerprint density at radius 3 is 2.28 bits per heavy atom. The average Bonchev–Trinajstić information content (AvgIpc) is 2.24. The van der Waals surface area contributed by atoms with Crippen molar-refractivity contribution in [2.75, 3.05) is 6.54 Å². The molecule has 0 heterocycles. The lowest BCUT2D eigenvalue weighted by molar-refractivity contribution is -0.137. The van der Waals surface area contributed by atoms with E-state index >= 15 is 0 Å². The fraction of sp³-hybridized carbons (Fsp3) is 0.933. The maximum atomic E-state index is 12.2. The van der Waals surface area contributed by atoms with Crippen LogP contribution in [0.25, 0.3) is 0 Å². The minimum Gasteiger partial charge on any atom is -0.392 e. The summed E-state index contributed by atoms with van der Waals surface area (Å²) in [6.45, 7) is 10.7. The van der Waals surface area contributed by atoms with Crippen molar-refractivity contribution < 1.29 is 9.90 Å². The molecule has 3 nitrogen and oxygen atoms in total. The molecule has 0 aromatic rings. The summed E-state index contributed by atoms with van der Waals surface area (Å²) < 4.78 is 0. The van der Waals surface area contributed by atoms with Crippen LogP contribution in [0.15, 0.2) is 0 Å². The van der Waals surface area contributed by atoms with Crippen LogP contribution >= 0.6 is 0 Å². The maximum absolute atomic E-state index is 12.2. The first-order valence-corrected chi connectivity index (χ1v) is 7.21. The van der Waals surface area contributed by atoms with Crippen molar-refractivity contribution in [2.45, 2.75) is 66.4 Å². The van der Waals surface area contributed by atoms with Gasteiger partial charge in [-0.15, -0.1) is 0 Å². The first-order valence-electron chi connectivity index (χ1n) is 7.21. The smallest absolute Gasteiger partial charge is 0.226 e. The van der Waals surface area contributed by atoms with Crippen LogP contribution in [0, 0.1) is 16.7 Å². The van der Waals surface area contributed by atoms with E-state index in [2.05, 4.69) is 12.2 Å². The van der Waals surface area contributed by atoms with E-state index in [1.165, 1.54) is 6.42 Å². The zero-order valence-corrected chi connectivity index (χ0v) is 12.5. The van der Waals surface area contributed by atoms with Gasteiger partial charge in [0.2, 0.25) is 5.91 Å². The van der Waals surface area contributed by atoms with Crippen molar-refractivity contribution in [3.8, 4) is 0 Å². The molecule has 1 aliphatic rings. The molecule has 1 unspecified atom stereocenters. The SMILES string of the molecule is CCC1(C(=O)NCC(C)(C)C(O)C(C)C)CCC1. The third-order valence-electron chi connectivity index (χ3n) is 4.61. The topological polar surface area (TPSA) is 49.3 Å². The normalized spacial score (nSPS) is 20.4. The number of hydrogen-bond donors (Lipinski definition) is 2. The second kappa shape index (κ2) is 5.60. The van der Waals surface area contributed by atoms with Gasteiger partial charge in [-0.2, -0.15) is 0 Å². The third-order valence-corrected chi connectivity index (χ3v) is 4.61. The Labute approximate surface area is 111 Å². The number of amides is 1. The van der Waals surface area contributed by atoms with Crippen molar-refractivity contribution in [1.82, 2.24) is 5.32 Å². The predicted octanol–water partition coefficient (Wildman–Crippen LogP) is 2.73. The van der Waals surface area contributed by atoms with Crippen LogP contribution in [0.2, 0.25) is 0 Å². The van der Waals surface area contributed by atoms with Gasteiger partial charge in [-0.25, -0.2) is 0 Å². The monoisotopic (exact) mass is 255 g/mol. The van der Waals surface area contributed by atoms with Gasteiger partial charge in [-0.05, 0) is 25.2 Å². The molecule has 1 atom stereocenters. The molecule has 3 heteroatoms. The molecule has 1 amide bonds. The van der Waals surface area contributed by atoms with Gasteiger partial charge >= 0.3 is 0 Å². The van der Waals surface area contributed by atoms with Crippen LogP contribution < -0.4 is 5.32 Å². The summed E-state index contributed by atoms with van der Waals surface area (Å²) >= 11 is 0. The molecule has 0 radical (unpaired) electrons. The second-order valence-electron chi connectivity index (χ2n) is 6.85. The molecule has 106 valence electrons. The minimum absolute atomic E-state index is 0.112. The molecule has 0 bridgehead atoms. The number of carbonyl (C=O) groups excluding carboxylic acids is 1. The van der Waals surface area contributed by atoms with Gasteiger partial charge in [0.15, 0.2) is 0 Å². The van der Waals surface area contributed by atoms with Gasteiger partial charge in [0.25, 0.3) is 0 Å². The molecule has 1 fully saturated rings. The summed E-state index contributed by atoms with van der Waals surface area (Å²) in [4.78, 5) is 12.2.